The molecule has 0 radical (unpaired) electrons. The fourth-order valence-corrected chi connectivity index (χ4v) is 3.40. The lowest BCUT2D eigenvalue weighted by Crippen LogP contribution is -2.34. The van der Waals surface area contributed by atoms with Gasteiger partial charge >= 0.3 is 5.97 Å². The van der Waals surface area contributed by atoms with Crippen LogP contribution in [-0.2, 0) is 14.3 Å². The van der Waals surface area contributed by atoms with Gasteiger partial charge in [-0.2, -0.15) is 0 Å². The number of ether oxygens (including phenoxy) is 1. The van der Waals surface area contributed by atoms with Crippen molar-refractivity contribution in [2.75, 3.05) is 13.2 Å². The van der Waals surface area contributed by atoms with Crippen molar-refractivity contribution in [3.8, 4) is 0 Å². The minimum Gasteiger partial charge on any atom is -0.454 e. The van der Waals surface area contributed by atoms with Crippen LogP contribution in [0, 0.1) is 0 Å². The van der Waals surface area contributed by atoms with Crippen LogP contribution in [0.3, 0.4) is 0 Å². The second-order valence-corrected chi connectivity index (χ2v) is 7.61. The maximum atomic E-state index is 12.0. The Balaban J connectivity index is 1.78. The van der Waals surface area contributed by atoms with E-state index in [1.54, 1.807) is 25.1 Å². The predicted octanol–water partition coefficient (Wildman–Crippen LogP) is 4.45. The third-order valence-corrected chi connectivity index (χ3v) is 4.85. The van der Waals surface area contributed by atoms with Gasteiger partial charge in [0.1, 0.15) is 6.54 Å². The van der Waals surface area contributed by atoms with Crippen LogP contribution in [0.4, 0.5) is 0 Å². The smallest absolute Gasteiger partial charge is 0.325 e. The van der Waals surface area contributed by atoms with Gasteiger partial charge in [0, 0.05) is 15.1 Å². The van der Waals surface area contributed by atoms with Gasteiger partial charge in [0.2, 0.25) is 0 Å². The summed E-state index contributed by atoms with van der Waals surface area (Å²) in [6.45, 7) is 0.792. The van der Waals surface area contributed by atoms with E-state index >= 15 is 0 Å². The van der Waals surface area contributed by atoms with E-state index in [1.807, 2.05) is 0 Å². The highest BCUT2D eigenvalue weighted by atomic mass is 35.5. The maximum Gasteiger partial charge on any atom is 0.325 e. The third kappa shape index (κ3) is 7.08. The van der Waals surface area contributed by atoms with Gasteiger partial charge in [-0.1, -0.05) is 52.5 Å². The molecule has 0 aliphatic carbocycles. The number of rotatable bonds is 7. The molecule has 2 amide bonds. The van der Waals surface area contributed by atoms with Crippen LogP contribution in [0.1, 0.15) is 28.9 Å². The van der Waals surface area contributed by atoms with E-state index in [-0.39, 0.29) is 10.6 Å². The largest absolute Gasteiger partial charge is 0.454 e. The lowest BCUT2D eigenvalue weighted by atomic mass is 10.1. The standard InChI is InChI=1S/C19H16Cl4N2O4/c1-10(13-4-2-11(20)6-15(13)22)25-17(26)9-29-18(27)8-24-19(28)14-5-3-12(21)7-16(14)23/h2-7,10H,8-9H2,1H3,(H,24,28)(H,25,26). The first-order chi connectivity index (χ1) is 13.7. The molecule has 154 valence electrons. The molecule has 6 nitrogen and oxygen atoms in total. The zero-order valence-corrected chi connectivity index (χ0v) is 18.1. The molecular weight excluding hydrogens is 462 g/mol. The maximum absolute atomic E-state index is 12.0. The van der Waals surface area contributed by atoms with Crippen LogP contribution < -0.4 is 10.6 Å². The predicted molar refractivity (Wildman–Crippen MR) is 113 cm³/mol. The minimum absolute atomic E-state index is 0.151. The van der Waals surface area contributed by atoms with Crippen molar-refractivity contribution in [2.45, 2.75) is 13.0 Å². The SMILES string of the molecule is CC(NC(=O)COC(=O)CNC(=O)c1ccc(Cl)cc1Cl)c1ccc(Cl)cc1Cl. The molecule has 0 fully saturated rings. The lowest BCUT2D eigenvalue weighted by Gasteiger charge is -2.16. The van der Waals surface area contributed by atoms with Crippen molar-refractivity contribution < 1.29 is 19.1 Å². The highest BCUT2D eigenvalue weighted by Gasteiger charge is 2.16. The van der Waals surface area contributed by atoms with E-state index in [4.69, 9.17) is 51.1 Å². The summed E-state index contributed by atoms with van der Waals surface area (Å²) < 4.78 is 4.85. The number of halogens is 4. The van der Waals surface area contributed by atoms with Crippen LogP contribution in [0.15, 0.2) is 36.4 Å². The Morgan fingerprint density at radius 1 is 0.966 bits per heavy atom. The van der Waals surface area contributed by atoms with E-state index < -0.39 is 37.0 Å². The number of benzene rings is 2. The molecule has 0 aliphatic rings. The molecule has 2 N–H and O–H groups in total. The normalized spacial score (nSPS) is 11.5. The second-order valence-electron chi connectivity index (χ2n) is 5.92. The Morgan fingerprint density at radius 3 is 2.21 bits per heavy atom. The number of esters is 1. The summed E-state index contributed by atoms with van der Waals surface area (Å²) in [5, 5.41) is 6.43. The summed E-state index contributed by atoms with van der Waals surface area (Å²) >= 11 is 23.6. The number of nitrogens with one attached hydrogen (secondary N) is 2. The van der Waals surface area contributed by atoms with E-state index in [2.05, 4.69) is 10.6 Å². The molecule has 0 heterocycles. The zero-order valence-electron chi connectivity index (χ0n) is 15.1. The van der Waals surface area contributed by atoms with Crippen molar-refractivity contribution in [3.05, 3.63) is 67.6 Å². The van der Waals surface area contributed by atoms with Gasteiger partial charge in [-0.3, -0.25) is 14.4 Å². The third-order valence-electron chi connectivity index (χ3n) is 3.74. The summed E-state index contributed by atoms with van der Waals surface area (Å²) in [4.78, 5) is 35.8. The first kappa shape index (κ1) is 23.3. The highest BCUT2D eigenvalue weighted by Crippen LogP contribution is 2.26. The first-order valence-electron chi connectivity index (χ1n) is 8.30. The lowest BCUT2D eigenvalue weighted by molar-refractivity contribution is -0.147. The monoisotopic (exact) mass is 476 g/mol. The average Bonchev–Trinajstić information content (AvgIpc) is 2.64. The van der Waals surface area contributed by atoms with Crippen LogP contribution in [-0.4, -0.2) is 30.9 Å². The van der Waals surface area contributed by atoms with Crippen LogP contribution in [0.2, 0.25) is 20.1 Å². The Labute approximate surface area is 187 Å². The van der Waals surface area contributed by atoms with E-state index in [9.17, 15) is 14.4 Å². The van der Waals surface area contributed by atoms with Gasteiger partial charge in [-0.25, -0.2) is 0 Å². The Morgan fingerprint density at radius 2 is 1.59 bits per heavy atom. The molecule has 29 heavy (non-hydrogen) atoms. The van der Waals surface area contributed by atoms with Crippen molar-refractivity contribution >= 4 is 64.2 Å². The van der Waals surface area contributed by atoms with Crippen LogP contribution in [0.25, 0.3) is 0 Å². The van der Waals surface area contributed by atoms with E-state index in [0.717, 1.165) is 0 Å². The number of hydrogen-bond donors (Lipinski definition) is 2. The van der Waals surface area contributed by atoms with Crippen molar-refractivity contribution in [1.29, 1.82) is 0 Å². The van der Waals surface area contributed by atoms with Gasteiger partial charge < -0.3 is 15.4 Å². The number of carbonyl (C=O) groups excluding carboxylic acids is 3. The Kier molecular flexibility index (Phi) is 8.59. The number of carbonyl (C=O) groups is 3. The molecule has 0 spiro atoms. The van der Waals surface area contributed by atoms with E-state index in [1.165, 1.54) is 18.2 Å². The summed E-state index contributed by atoms with van der Waals surface area (Å²) in [7, 11) is 0. The molecular formula is C19H16Cl4N2O4. The fraction of sp³-hybridized carbons (Fsp3) is 0.211. The summed E-state index contributed by atoms with van der Waals surface area (Å²) in [6.07, 6.45) is 0. The molecule has 0 aromatic heterocycles. The molecule has 1 unspecified atom stereocenters. The molecule has 0 saturated carbocycles. The quantitative estimate of drug-likeness (QED) is 0.577. The van der Waals surface area contributed by atoms with Crippen LogP contribution >= 0.6 is 46.4 Å². The molecule has 1 atom stereocenters. The molecule has 2 rings (SSSR count). The fourth-order valence-electron chi connectivity index (χ4n) is 2.33. The van der Waals surface area contributed by atoms with Crippen molar-refractivity contribution in [2.24, 2.45) is 0 Å². The molecule has 2 aromatic carbocycles. The molecule has 0 bridgehead atoms. The highest BCUT2D eigenvalue weighted by molar-refractivity contribution is 6.37. The summed E-state index contributed by atoms with van der Waals surface area (Å²) in [5.41, 5.74) is 0.832. The van der Waals surface area contributed by atoms with Gasteiger partial charge in [-0.15, -0.1) is 0 Å². The van der Waals surface area contributed by atoms with Gasteiger partial charge in [-0.05, 0) is 42.8 Å². The minimum atomic E-state index is -0.782. The average molecular weight is 478 g/mol. The Bertz CT molecular complexity index is 936. The van der Waals surface area contributed by atoms with Crippen LogP contribution in [0.5, 0.6) is 0 Å². The summed E-state index contributed by atoms with van der Waals surface area (Å²) in [6, 6.07) is 8.84. The van der Waals surface area contributed by atoms with Gasteiger partial charge in [0.25, 0.3) is 11.8 Å². The second kappa shape index (κ2) is 10.7. The molecule has 0 aliphatic heterocycles. The Hall–Kier alpha value is -1.99. The number of amides is 2. The van der Waals surface area contributed by atoms with E-state index in [0.29, 0.717) is 20.6 Å². The van der Waals surface area contributed by atoms with Gasteiger partial charge in [0.15, 0.2) is 6.61 Å². The first-order valence-corrected chi connectivity index (χ1v) is 9.81. The summed E-state index contributed by atoms with van der Waals surface area (Å²) in [5.74, 6) is -1.88. The van der Waals surface area contributed by atoms with Crippen molar-refractivity contribution in [3.63, 3.8) is 0 Å². The number of hydrogen-bond acceptors (Lipinski definition) is 4. The van der Waals surface area contributed by atoms with Gasteiger partial charge in [0.05, 0.1) is 16.6 Å². The molecule has 0 saturated heterocycles. The topological polar surface area (TPSA) is 84.5 Å². The molecule has 10 heteroatoms. The zero-order chi connectivity index (χ0) is 21.6. The van der Waals surface area contributed by atoms with Crippen molar-refractivity contribution in [1.82, 2.24) is 10.6 Å². The molecule has 2 aromatic rings.